The number of hydrogen-bond acceptors (Lipinski definition) is 5. The number of aliphatic carboxylic acids is 1. The van der Waals surface area contributed by atoms with Gasteiger partial charge < -0.3 is 10.4 Å². The van der Waals surface area contributed by atoms with Crippen LogP contribution in [0.4, 0.5) is 11.4 Å². The van der Waals surface area contributed by atoms with E-state index in [1.54, 1.807) is 13.0 Å². The fourth-order valence-corrected chi connectivity index (χ4v) is 1.61. The van der Waals surface area contributed by atoms with Crippen LogP contribution in [0.5, 0.6) is 0 Å². The Labute approximate surface area is 109 Å². The Morgan fingerprint density at radius 2 is 2.32 bits per heavy atom. The standard InChI is InChI=1S/C12H13N3O4/c1-2-8(12(16)17)7-14-10-5-3-4-9(6-13)11(10)15(18)19/h3-5,8,14H,2,7H2,1H3,(H,16,17). The zero-order chi connectivity index (χ0) is 14.4. The highest BCUT2D eigenvalue weighted by Gasteiger charge is 2.21. The first kappa shape index (κ1) is 14.4. The summed E-state index contributed by atoms with van der Waals surface area (Å²) in [4.78, 5) is 21.2. The number of para-hydroxylation sites is 1. The fourth-order valence-electron chi connectivity index (χ4n) is 1.61. The average Bonchev–Trinajstić information content (AvgIpc) is 2.38. The van der Waals surface area contributed by atoms with Gasteiger partial charge in [-0.05, 0) is 18.6 Å². The Morgan fingerprint density at radius 1 is 1.63 bits per heavy atom. The normalized spacial score (nSPS) is 11.4. The third-order valence-electron chi connectivity index (χ3n) is 2.72. The van der Waals surface area contributed by atoms with Crippen LogP contribution in [0.1, 0.15) is 18.9 Å². The van der Waals surface area contributed by atoms with E-state index in [1.807, 2.05) is 0 Å². The van der Waals surface area contributed by atoms with Crippen LogP contribution in [0.25, 0.3) is 0 Å². The molecule has 1 rings (SSSR count). The van der Waals surface area contributed by atoms with Gasteiger partial charge in [-0.2, -0.15) is 5.26 Å². The molecule has 0 heterocycles. The lowest BCUT2D eigenvalue weighted by Crippen LogP contribution is -2.22. The largest absolute Gasteiger partial charge is 0.481 e. The number of nitro benzene ring substituents is 1. The number of nitriles is 1. The van der Waals surface area contributed by atoms with Crippen molar-refractivity contribution in [1.29, 1.82) is 5.26 Å². The molecule has 19 heavy (non-hydrogen) atoms. The van der Waals surface area contributed by atoms with E-state index in [2.05, 4.69) is 5.32 Å². The molecule has 0 saturated carbocycles. The number of benzene rings is 1. The molecule has 0 radical (unpaired) electrons. The number of hydrogen-bond donors (Lipinski definition) is 2. The monoisotopic (exact) mass is 263 g/mol. The molecule has 2 N–H and O–H groups in total. The molecular weight excluding hydrogens is 250 g/mol. The van der Waals surface area contributed by atoms with E-state index in [0.717, 1.165) is 0 Å². The summed E-state index contributed by atoms with van der Waals surface area (Å²) in [7, 11) is 0. The highest BCUT2D eigenvalue weighted by atomic mass is 16.6. The SMILES string of the molecule is CCC(CNc1cccc(C#N)c1[N+](=O)[O-])C(=O)O. The van der Waals surface area contributed by atoms with Gasteiger partial charge in [0.05, 0.1) is 10.8 Å². The van der Waals surface area contributed by atoms with Gasteiger partial charge in [0, 0.05) is 6.54 Å². The summed E-state index contributed by atoms with van der Waals surface area (Å²) in [6, 6.07) is 6.05. The molecule has 0 saturated heterocycles. The fraction of sp³-hybridized carbons (Fsp3) is 0.333. The summed E-state index contributed by atoms with van der Waals surface area (Å²) >= 11 is 0. The molecule has 1 unspecified atom stereocenters. The second-order valence-corrected chi connectivity index (χ2v) is 3.89. The molecule has 0 aliphatic rings. The number of carboxylic acid groups (broad SMARTS) is 1. The molecular formula is C12H13N3O4. The Hall–Kier alpha value is -2.62. The third kappa shape index (κ3) is 3.42. The van der Waals surface area contributed by atoms with Crippen LogP contribution < -0.4 is 5.32 Å². The summed E-state index contributed by atoms with van der Waals surface area (Å²) in [5, 5.41) is 31.4. The maximum absolute atomic E-state index is 10.9. The Morgan fingerprint density at radius 3 is 2.79 bits per heavy atom. The van der Waals surface area contributed by atoms with Crippen LogP contribution in [0.2, 0.25) is 0 Å². The topological polar surface area (TPSA) is 116 Å². The molecule has 0 amide bonds. The minimum Gasteiger partial charge on any atom is -0.481 e. The molecule has 7 nitrogen and oxygen atoms in total. The minimum atomic E-state index is -0.964. The van der Waals surface area contributed by atoms with Crippen LogP contribution in [0, 0.1) is 27.4 Å². The lowest BCUT2D eigenvalue weighted by atomic mass is 10.1. The van der Waals surface area contributed by atoms with Crippen LogP contribution in [-0.2, 0) is 4.79 Å². The second-order valence-electron chi connectivity index (χ2n) is 3.89. The molecule has 0 fully saturated rings. The molecule has 1 atom stereocenters. The molecule has 0 bridgehead atoms. The Balaban J connectivity index is 2.99. The van der Waals surface area contributed by atoms with Crippen molar-refractivity contribution in [2.45, 2.75) is 13.3 Å². The lowest BCUT2D eigenvalue weighted by Gasteiger charge is -2.12. The molecule has 0 aromatic heterocycles. The number of nitrogens with one attached hydrogen (secondary N) is 1. The summed E-state index contributed by atoms with van der Waals surface area (Å²) in [6.45, 7) is 1.79. The van der Waals surface area contributed by atoms with Gasteiger partial charge in [-0.15, -0.1) is 0 Å². The summed E-state index contributed by atoms with van der Waals surface area (Å²) in [6.07, 6.45) is 0.411. The predicted molar refractivity (Wildman–Crippen MR) is 67.7 cm³/mol. The van der Waals surface area contributed by atoms with E-state index in [0.29, 0.717) is 6.42 Å². The van der Waals surface area contributed by atoms with Crippen molar-refractivity contribution >= 4 is 17.3 Å². The van der Waals surface area contributed by atoms with Gasteiger partial charge in [-0.3, -0.25) is 14.9 Å². The molecule has 1 aromatic carbocycles. The van der Waals surface area contributed by atoms with Crippen molar-refractivity contribution in [3.63, 3.8) is 0 Å². The number of carbonyl (C=O) groups is 1. The molecule has 1 aromatic rings. The zero-order valence-corrected chi connectivity index (χ0v) is 10.3. The third-order valence-corrected chi connectivity index (χ3v) is 2.72. The van der Waals surface area contributed by atoms with Crippen LogP contribution in [0.3, 0.4) is 0 Å². The van der Waals surface area contributed by atoms with Crippen LogP contribution in [0.15, 0.2) is 18.2 Å². The highest BCUT2D eigenvalue weighted by molar-refractivity contribution is 5.72. The summed E-state index contributed by atoms with van der Waals surface area (Å²) in [5.74, 6) is -1.60. The molecule has 0 aliphatic heterocycles. The van der Waals surface area contributed by atoms with E-state index in [-0.39, 0.29) is 23.5 Å². The lowest BCUT2D eigenvalue weighted by molar-refractivity contribution is -0.384. The maximum Gasteiger partial charge on any atom is 0.309 e. The van der Waals surface area contributed by atoms with Gasteiger partial charge in [0.2, 0.25) is 0 Å². The second kappa shape index (κ2) is 6.35. The predicted octanol–water partition coefficient (Wildman–Crippen LogP) is 1.99. The molecule has 0 spiro atoms. The summed E-state index contributed by atoms with van der Waals surface area (Å²) in [5.41, 5.74) is -0.229. The van der Waals surface area contributed by atoms with Gasteiger partial charge in [-0.1, -0.05) is 13.0 Å². The number of nitro groups is 1. The van der Waals surface area contributed by atoms with Crippen LogP contribution in [-0.4, -0.2) is 22.5 Å². The highest BCUT2D eigenvalue weighted by Crippen LogP contribution is 2.28. The van der Waals surface area contributed by atoms with Crippen molar-refractivity contribution in [3.05, 3.63) is 33.9 Å². The quantitative estimate of drug-likeness (QED) is 0.598. The van der Waals surface area contributed by atoms with E-state index in [1.165, 1.54) is 18.2 Å². The van der Waals surface area contributed by atoms with Crippen molar-refractivity contribution < 1.29 is 14.8 Å². The minimum absolute atomic E-state index is 0.0571. The van der Waals surface area contributed by atoms with Crippen molar-refractivity contribution in [3.8, 4) is 6.07 Å². The molecule has 0 aliphatic carbocycles. The maximum atomic E-state index is 10.9. The van der Waals surface area contributed by atoms with Gasteiger partial charge >= 0.3 is 11.7 Å². The first-order valence-electron chi connectivity index (χ1n) is 5.65. The van der Waals surface area contributed by atoms with Crippen molar-refractivity contribution in [2.24, 2.45) is 5.92 Å². The first-order valence-corrected chi connectivity index (χ1v) is 5.65. The van der Waals surface area contributed by atoms with Crippen molar-refractivity contribution in [2.75, 3.05) is 11.9 Å². The average molecular weight is 263 g/mol. The Kier molecular flexibility index (Phi) is 4.83. The van der Waals surface area contributed by atoms with Gasteiger partial charge in [0.1, 0.15) is 17.3 Å². The number of rotatable bonds is 6. The van der Waals surface area contributed by atoms with E-state index >= 15 is 0 Å². The van der Waals surface area contributed by atoms with E-state index in [9.17, 15) is 14.9 Å². The molecule has 100 valence electrons. The van der Waals surface area contributed by atoms with Crippen LogP contribution >= 0.6 is 0 Å². The smallest absolute Gasteiger partial charge is 0.309 e. The van der Waals surface area contributed by atoms with Gasteiger partial charge in [0.15, 0.2) is 0 Å². The zero-order valence-electron chi connectivity index (χ0n) is 10.3. The van der Waals surface area contributed by atoms with E-state index in [4.69, 9.17) is 10.4 Å². The Bertz CT molecular complexity index is 536. The first-order chi connectivity index (χ1) is 9.01. The number of anilines is 1. The van der Waals surface area contributed by atoms with E-state index < -0.39 is 16.8 Å². The van der Waals surface area contributed by atoms with Crippen molar-refractivity contribution in [1.82, 2.24) is 0 Å². The summed E-state index contributed by atoms with van der Waals surface area (Å²) < 4.78 is 0. The van der Waals surface area contributed by atoms with Gasteiger partial charge in [-0.25, -0.2) is 0 Å². The number of carboxylic acids is 1. The molecule has 7 heteroatoms. The number of nitrogens with zero attached hydrogens (tertiary/aromatic N) is 2. The van der Waals surface area contributed by atoms with Gasteiger partial charge in [0.25, 0.3) is 0 Å².